The summed E-state index contributed by atoms with van der Waals surface area (Å²) in [5.41, 5.74) is 2.04. The maximum Gasteiger partial charge on any atom is 0.299 e. The van der Waals surface area contributed by atoms with Gasteiger partial charge in [0.25, 0.3) is 11.7 Å². The molecule has 0 aliphatic carbocycles. The summed E-state index contributed by atoms with van der Waals surface area (Å²) in [6, 6.07) is 10.9. The lowest BCUT2D eigenvalue weighted by Crippen LogP contribution is -2.31. The zero-order chi connectivity index (χ0) is 14.1. The summed E-state index contributed by atoms with van der Waals surface area (Å²) in [6.45, 7) is 0.449. The highest BCUT2D eigenvalue weighted by Crippen LogP contribution is 2.31. The molecular formula is C15H11BrN2O2. The van der Waals surface area contributed by atoms with Crippen molar-refractivity contribution in [1.29, 1.82) is 0 Å². The molecule has 2 heterocycles. The SMILES string of the molecule is O=C1C(=O)N(CCc2ccccn2)c2cc(Br)ccc21. The number of amides is 1. The summed E-state index contributed by atoms with van der Waals surface area (Å²) < 4.78 is 0.849. The Bertz CT molecular complexity index is 686. The number of benzene rings is 1. The molecule has 1 aromatic carbocycles. The molecule has 0 fully saturated rings. The van der Waals surface area contributed by atoms with Gasteiger partial charge < -0.3 is 4.90 Å². The van der Waals surface area contributed by atoms with Crippen LogP contribution < -0.4 is 4.90 Å². The number of hydrogen-bond acceptors (Lipinski definition) is 3. The van der Waals surface area contributed by atoms with E-state index in [0.717, 1.165) is 10.2 Å². The fourth-order valence-corrected chi connectivity index (χ4v) is 2.61. The van der Waals surface area contributed by atoms with Gasteiger partial charge in [0.15, 0.2) is 0 Å². The number of hydrogen-bond donors (Lipinski definition) is 0. The van der Waals surface area contributed by atoms with E-state index in [9.17, 15) is 9.59 Å². The van der Waals surface area contributed by atoms with Crippen molar-refractivity contribution >= 4 is 33.3 Å². The van der Waals surface area contributed by atoms with Crippen LogP contribution in [0.3, 0.4) is 0 Å². The summed E-state index contributed by atoms with van der Waals surface area (Å²) in [7, 11) is 0. The fourth-order valence-electron chi connectivity index (χ4n) is 2.26. The number of Topliss-reactive ketones (excluding diaryl/α,β-unsaturated/α-hetero) is 1. The van der Waals surface area contributed by atoms with Crippen LogP contribution in [0.25, 0.3) is 0 Å². The molecule has 1 aliphatic rings. The average Bonchev–Trinajstić information content (AvgIpc) is 2.70. The molecule has 0 radical (unpaired) electrons. The van der Waals surface area contributed by atoms with Crippen molar-refractivity contribution < 1.29 is 9.59 Å². The number of pyridine rings is 1. The second-order valence-electron chi connectivity index (χ2n) is 4.52. The standard InChI is InChI=1S/C15H11BrN2O2/c16-10-4-5-12-13(9-10)18(15(20)14(12)19)8-6-11-3-1-2-7-17-11/h1-5,7,9H,6,8H2. The maximum atomic E-state index is 12.0. The molecule has 0 unspecified atom stereocenters. The van der Waals surface area contributed by atoms with Crippen LogP contribution in [0.15, 0.2) is 47.1 Å². The maximum absolute atomic E-state index is 12.0. The predicted molar refractivity (Wildman–Crippen MR) is 78.8 cm³/mol. The van der Waals surface area contributed by atoms with E-state index in [1.165, 1.54) is 4.90 Å². The third-order valence-electron chi connectivity index (χ3n) is 3.25. The molecule has 2 aromatic rings. The van der Waals surface area contributed by atoms with Crippen LogP contribution in [-0.2, 0) is 11.2 Å². The molecular weight excluding hydrogens is 320 g/mol. The molecule has 1 aliphatic heterocycles. The summed E-state index contributed by atoms with van der Waals surface area (Å²) in [5.74, 6) is -0.900. The number of anilines is 1. The second kappa shape index (κ2) is 5.17. The van der Waals surface area contributed by atoms with Crippen LogP contribution in [0.1, 0.15) is 16.1 Å². The zero-order valence-electron chi connectivity index (χ0n) is 10.5. The van der Waals surface area contributed by atoms with Gasteiger partial charge in [-0.1, -0.05) is 22.0 Å². The lowest BCUT2D eigenvalue weighted by atomic mass is 10.1. The Hall–Kier alpha value is -2.01. The molecule has 1 amide bonds. The van der Waals surface area contributed by atoms with Crippen LogP contribution in [-0.4, -0.2) is 23.2 Å². The van der Waals surface area contributed by atoms with Gasteiger partial charge in [-0.15, -0.1) is 0 Å². The number of fused-ring (bicyclic) bond motifs is 1. The Morgan fingerprint density at radius 1 is 1.15 bits per heavy atom. The molecule has 4 nitrogen and oxygen atoms in total. The van der Waals surface area contributed by atoms with Crippen LogP contribution in [0.4, 0.5) is 5.69 Å². The minimum Gasteiger partial charge on any atom is -0.304 e. The first-order valence-corrected chi connectivity index (χ1v) is 7.02. The quantitative estimate of drug-likeness (QED) is 0.813. The number of ketones is 1. The van der Waals surface area contributed by atoms with Crippen molar-refractivity contribution in [3.8, 4) is 0 Å². The van der Waals surface area contributed by atoms with Gasteiger partial charge in [-0.3, -0.25) is 14.6 Å². The molecule has 100 valence electrons. The van der Waals surface area contributed by atoms with Crippen molar-refractivity contribution in [2.75, 3.05) is 11.4 Å². The van der Waals surface area contributed by atoms with Crippen LogP contribution in [0.2, 0.25) is 0 Å². The van der Waals surface area contributed by atoms with Crippen LogP contribution in [0, 0.1) is 0 Å². The first-order chi connectivity index (χ1) is 9.66. The van der Waals surface area contributed by atoms with E-state index in [1.807, 2.05) is 18.2 Å². The van der Waals surface area contributed by atoms with Crippen molar-refractivity contribution in [2.45, 2.75) is 6.42 Å². The van der Waals surface area contributed by atoms with E-state index < -0.39 is 11.7 Å². The van der Waals surface area contributed by atoms with Gasteiger partial charge in [-0.2, -0.15) is 0 Å². The molecule has 1 aromatic heterocycles. The van der Waals surface area contributed by atoms with Crippen LogP contribution >= 0.6 is 15.9 Å². The molecule has 0 atom stereocenters. The Morgan fingerprint density at radius 3 is 2.75 bits per heavy atom. The normalized spacial score (nSPS) is 13.8. The fraction of sp³-hybridized carbons (Fsp3) is 0.133. The average molecular weight is 331 g/mol. The molecule has 5 heteroatoms. The lowest BCUT2D eigenvalue weighted by molar-refractivity contribution is -0.114. The van der Waals surface area contributed by atoms with Gasteiger partial charge in [0.1, 0.15) is 0 Å². The smallest absolute Gasteiger partial charge is 0.299 e. The van der Waals surface area contributed by atoms with Gasteiger partial charge >= 0.3 is 0 Å². The molecule has 0 bridgehead atoms. The summed E-state index contributed by atoms with van der Waals surface area (Å²) >= 11 is 3.37. The number of carbonyl (C=O) groups is 2. The number of aromatic nitrogens is 1. The Morgan fingerprint density at radius 2 is 2.00 bits per heavy atom. The summed E-state index contributed by atoms with van der Waals surface area (Å²) in [5, 5.41) is 0. The monoisotopic (exact) mass is 330 g/mol. The summed E-state index contributed by atoms with van der Waals surface area (Å²) in [4.78, 5) is 29.7. The van der Waals surface area contributed by atoms with E-state index in [0.29, 0.717) is 24.2 Å². The Labute approximate surface area is 124 Å². The number of nitrogens with zero attached hydrogens (tertiary/aromatic N) is 2. The highest BCUT2D eigenvalue weighted by atomic mass is 79.9. The van der Waals surface area contributed by atoms with E-state index in [-0.39, 0.29) is 0 Å². The molecule has 0 saturated heterocycles. The van der Waals surface area contributed by atoms with E-state index in [1.54, 1.807) is 24.4 Å². The third-order valence-corrected chi connectivity index (χ3v) is 3.75. The van der Waals surface area contributed by atoms with E-state index in [4.69, 9.17) is 0 Å². The zero-order valence-corrected chi connectivity index (χ0v) is 12.1. The Kier molecular flexibility index (Phi) is 3.36. The van der Waals surface area contributed by atoms with Gasteiger partial charge in [-0.25, -0.2) is 0 Å². The van der Waals surface area contributed by atoms with Crippen LogP contribution in [0.5, 0.6) is 0 Å². The van der Waals surface area contributed by atoms with Gasteiger partial charge in [0, 0.05) is 29.3 Å². The van der Waals surface area contributed by atoms with E-state index >= 15 is 0 Å². The second-order valence-corrected chi connectivity index (χ2v) is 5.43. The third kappa shape index (κ3) is 2.25. The van der Waals surface area contributed by atoms with Crippen molar-refractivity contribution in [3.05, 3.63) is 58.3 Å². The van der Waals surface area contributed by atoms with E-state index in [2.05, 4.69) is 20.9 Å². The first-order valence-electron chi connectivity index (χ1n) is 6.22. The van der Waals surface area contributed by atoms with Crippen molar-refractivity contribution in [1.82, 2.24) is 4.98 Å². The number of halogens is 1. The van der Waals surface area contributed by atoms with Gasteiger partial charge in [0.05, 0.1) is 11.3 Å². The first kappa shape index (κ1) is 13.0. The molecule has 0 saturated carbocycles. The van der Waals surface area contributed by atoms with Crippen molar-refractivity contribution in [2.24, 2.45) is 0 Å². The minimum atomic E-state index is -0.464. The lowest BCUT2D eigenvalue weighted by Gasteiger charge is -2.16. The molecule has 0 spiro atoms. The minimum absolute atomic E-state index is 0.437. The van der Waals surface area contributed by atoms with Gasteiger partial charge in [-0.05, 0) is 30.3 Å². The van der Waals surface area contributed by atoms with Crippen molar-refractivity contribution in [3.63, 3.8) is 0 Å². The number of carbonyl (C=O) groups excluding carboxylic acids is 2. The topological polar surface area (TPSA) is 50.3 Å². The predicted octanol–water partition coefficient (Wildman–Crippen LogP) is 2.62. The number of rotatable bonds is 3. The summed E-state index contributed by atoms with van der Waals surface area (Å²) in [6.07, 6.45) is 2.34. The van der Waals surface area contributed by atoms with Gasteiger partial charge in [0.2, 0.25) is 0 Å². The molecule has 20 heavy (non-hydrogen) atoms. The Balaban J connectivity index is 1.86. The largest absolute Gasteiger partial charge is 0.304 e. The molecule has 3 rings (SSSR count). The highest BCUT2D eigenvalue weighted by molar-refractivity contribution is 9.10. The highest BCUT2D eigenvalue weighted by Gasteiger charge is 2.35. The molecule has 0 N–H and O–H groups in total.